The molecule has 0 saturated carbocycles. The van der Waals surface area contributed by atoms with Crippen LogP contribution < -0.4 is 17.0 Å². The number of Topliss-reactive ketones (excluding diaryl/α,β-unsaturated/α-hetero) is 3. The molecule has 83 heavy (non-hydrogen) atoms. The number of aliphatic carboxylic acids is 2. The van der Waals surface area contributed by atoms with E-state index >= 15 is 0 Å². The van der Waals surface area contributed by atoms with Gasteiger partial charge < -0.3 is 44.7 Å². The van der Waals surface area contributed by atoms with Crippen molar-refractivity contribution >= 4 is 74.5 Å². The number of benzene rings is 2. The largest absolute Gasteiger partial charge is 0.481 e. The zero-order valence-corrected chi connectivity index (χ0v) is 50.9. The van der Waals surface area contributed by atoms with E-state index in [4.69, 9.17) is 21.1 Å². The van der Waals surface area contributed by atoms with Gasteiger partial charge in [0.25, 0.3) is 5.56 Å². The number of hydrogen-bond acceptors (Lipinski definition) is 12. The minimum atomic E-state index is -0.959. The summed E-state index contributed by atoms with van der Waals surface area (Å²) in [5, 5.41) is 28.1. The van der Waals surface area contributed by atoms with Gasteiger partial charge in [0.2, 0.25) is 0 Å². The molecule has 6 heterocycles. The summed E-state index contributed by atoms with van der Waals surface area (Å²) in [4.78, 5) is 102. The van der Waals surface area contributed by atoms with Gasteiger partial charge in [0, 0.05) is 101 Å². The number of nitrogens with zero attached hydrogens (tertiary/aromatic N) is 6. The second-order valence-electron chi connectivity index (χ2n) is 21.2. The van der Waals surface area contributed by atoms with Gasteiger partial charge in [-0.2, -0.15) is 0 Å². The van der Waals surface area contributed by atoms with Crippen molar-refractivity contribution < 1.29 is 44.1 Å². The molecule has 0 amide bonds. The number of carboxylic acid groups (broad SMARTS) is 3. The van der Waals surface area contributed by atoms with Gasteiger partial charge in [-0.05, 0) is 122 Å². The molecule has 0 spiro atoms. The summed E-state index contributed by atoms with van der Waals surface area (Å²) in [6, 6.07) is 21.3. The molecule has 20 nitrogen and oxygen atoms in total. The van der Waals surface area contributed by atoms with Crippen molar-refractivity contribution in [3.63, 3.8) is 0 Å². The van der Waals surface area contributed by atoms with E-state index in [-0.39, 0.29) is 35.5 Å². The number of hydrogen-bond donors (Lipinski definition) is 6. The molecule has 0 saturated heterocycles. The Bertz CT molecular complexity index is 3580. The predicted octanol–water partition coefficient (Wildman–Crippen LogP) is 11.7. The lowest BCUT2D eigenvalue weighted by molar-refractivity contribution is -0.136. The first-order valence-corrected chi connectivity index (χ1v) is 28.0. The molecule has 0 aliphatic carbocycles. The first kappa shape index (κ1) is 68.7. The number of carbonyl (C=O) groups excluding carboxylic acids is 3. The summed E-state index contributed by atoms with van der Waals surface area (Å²) in [5.74, 6) is -2.08. The van der Waals surface area contributed by atoms with Crippen LogP contribution in [0.1, 0.15) is 198 Å². The normalized spacial score (nSPS) is 11.3. The van der Waals surface area contributed by atoms with Gasteiger partial charge in [0.1, 0.15) is 16.4 Å². The summed E-state index contributed by atoms with van der Waals surface area (Å²) >= 11 is 1.35. The number of imidazole rings is 2. The molecule has 0 fully saturated rings. The fraction of sp³-hybridized carbons (Fsp3) is 0.387. The molecular formula is C62H81N9O11S. The van der Waals surface area contributed by atoms with Gasteiger partial charge in [-0.15, -0.1) is 11.3 Å². The van der Waals surface area contributed by atoms with Crippen molar-refractivity contribution in [1.29, 1.82) is 0 Å². The van der Waals surface area contributed by atoms with Gasteiger partial charge >= 0.3 is 23.6 Å². The van der Waals surface area contributed by atoms with E-state index in [1.54, 1.807) is 39.5 Å². The topological polar surface area (TPSA) is 300 Å². The molecule has 0 aliphatic rings. The van der Waals surface area contributed by atoms with Gasteiger partial charge in [0.05, 0.1) is 36.5 Å². The number of ketones is 3. The second-order valence-corrected chi connectivity index (χ2v) is 22.3. The number of aromatic carboxylic acids is 1. The number of fused-ring (bicyclic) bond motifs is 2. The number of thiophene rings is 1. The van der Waals surface area contributed by atoms with Crippen LogP contribution in [0.5, 0.6) is 0 Å². The minimum absolute atomic E-state index is 0.0231. The highest BCUT2D eigenvalue weighted by molar-refractivity contribution is 7.14. The van der Waals surface area contributed by atoms with Crippen molar-refractivity contribution in [2.45, 2.75) is 159 Å². The van der Waals surface area contributed by atoms with Crippen LogP contribution in [0.4, 0.5) is 0 Å². The van der Waals surface area contributed by atoms with Gasteiger partial charge in [-0.3, -0.25) is 28.5 Å². The molecule has 446 valence electrons. The van der Waals surface area contributed by atoms with E-state index in [0.29, 0.717) is 52.6 Å². The molecule has 0 radical (unpaired) electrons. The van der Waals surface area contributed by atoms with E-state index in [1.165, 1.54) is 42.2 Å². The Morgan fingerprint density at radius 2 is 1.23 bits per heavy atom. The van der Waals surface area contributed by atoms with E-state index in [9.17, 15) is 38.4 Å². The Morgan fingerprint density at radius 3 is 1.63 bits per heavy atom. The number of carbonyl (C=O) groups is 6. The highest BCUT2D eigenvalue weighted by Crippen LogP contribution is 2.27. The molecule has 1 unspecified atom stereocenters. The molecular weight excluding hydrogens is 1080 g/mol. The standard InChI is InChI=1S/C15H20N2O.C13H15NO2.C9H12N2O3.C9H12N2O2.C8H12N2O.C8H10O2S/c1-10(2)17-9-12(8-14(16)11(3)18)13-6-4-5-7-15(13)17;1-9(2)14-8-10(7-13(15)16)11-5-3-4-6-12(11)14;1-5(2)11-8(13)4-7(6(3)12)10-9(11)14;1-7(2)11-5-8(10-6-11)3-4-9(12)13;1-5(2)7-8(6(3)11)10-4-9-7;1-5(2)6-3-4-7(11-6)8(9)10/h4-7,9-10,14H,8,16H2,1-3H3;3-6,8-9H,7H2,1-2H3,(H,15,16);4-5H,1-3H3,(H,10,14);3-7H,1-2H3,(H,12,13);4-5H,1-3H3,(H,9,10);3-5H,1-2H3,(H,9,10)/b;;;4-3+;;. The average molecular weight is 1160 g/mol. The molecule has 8 rings (SSSR count). The first-order chi connectivity index (χ1) is 38.9. The lowest BCUT2D eigenvalue weighted by Crippen LogP contribution is -2.37. The SMILES string of the molecule is CC(=O)C(N)Cc1cn(C(C)C)c2ccccc12.CC(=O)c1cc(=O)n(C(C)C)c(=O)[nH]1.CC(=O)c1nc[nH]c1C(C)C.CC(C)c1ccc(C(=O)O)s1.CC(C)n1cc(CC(=O)O)c2ccccc21.CC(C)n1cnc(/C=C/C(=O)O)c1. The lowest BCUT2D eigenvalue weighted by atomic mass is 10.0. The number of carboxylic acids is 3. The fourth-order valence-electron chi connectivity index (χ4n) is 8.12. The smallest absolute Gasteiger partial charge is 0.345 e. The van der Waals surface area contributed by atoms with Crippen LogP contribution >= 0.6 is 11.3 Å². The quantitative estimate of drug-likeness (QED) is 0.0387. The van der Waals surface area contributed by atoms with E-state index in [2.05, 4.69) is 88.9 Å². The molecule has 2 aromatic carbocycles. The fourth-order valence-corrected chi connectivity index (χ4v) is 8.97. The maximum atomic E-state index is 11.4. The monoisotopic (exact) mass is 1160 g/mol. The predicted molar refractivity (Wildman–Crippen MR) is 327 cm³/mol. The Balaban J connectivity index is 0.000000264. The number of H-pyrrole nitrogens is 2. The third-order valence-corrected chi connectivity index (χ3v) is 13.9. The Kier molecular flexibility index (Phi) is 26.6. The Morgan fingerprint density at radius 1 is 0.675 bits per heavy atom. The Labute approximate surface area is 487 Å². The highest BCUT2D eigenvalue weighted by Gasteiger charge is 2.17. The van der Waals surface area contributed by atoms with Crippen LogP contribution in [-0.2, 0) is 27.2 Å². The van der Waals surface area contributed by atoms with Crippen LogP contribution in [-0.4, -0.2) is 94.8 Å². The van der Waals surface area contributed by atoms with Gasteiger partial charge in [-0.25, -0.2) is 24.4 Å². The third-order valence-electron chi connectivity index (χ3n) is 12.5. The highest BCUT2D eigenvalue weighted by atomic mass is 32.1. The lowest BCUT2D eigenvalue weighted by Gasteiger charge is -2.08. The van der Waals surface area contributed by atoms with Crippen LogP contribution in [0.2, 0.25) is 0 Å². The molecule has 7 N–H and O–H groups in total. The zero-order valence-electron chi connectivity index (χ0n) is 50.1. The maximum Gasteiger partial charge on any atom is 0.345 e. The molecule has 6 aromatic heterocycles. The minimum Gasteiger partial charge on any atom is -0.481 e. The Hall–Kier alpha value is -8.56. The zero-order chi connectivity index (χ0) is 62.6. The van der Waals surface area contributed by atoms with Crippen molar-refractivity contribution in [3.8, 4) is 0 Å². The summed E-state index contributed by atoms with van der Waals surface area (Å²) in [6.45, 7) is 28.6. The molecule has 0 bridgehead atoms. The summed E-state index contributed by atoms with van der Waals surface area (Å²) < 4.78 is 7.33. The van der Waals surface area contributed by atoms with Gasteiger partial charge in [0.15, 0.2) is 11.6 Å². The number of aromatic nitrogens is 8. The van der Waals surface area contributed by atoms with Crippen LogP contribution in [0, 0.1) is 0 Å². The molecule has 0 aliphatic heterocycles. The van der Waals surface area contributed by atoms with Crippen LogP contribution in [0.15, 0.2) is 114 Å². The van der Waals surface area contributed by atoms with Crippen molar-refractivity contribution in [2.75, 3.05) is 0 Å². The van der Waals surface area contributed by atoms with Crippen LogP contribution in [0.3, 0.4) is 0 Å². The molecule has 8 aromatic rings. The van der Waals surface area contributed by atoms with Gasteiger partial charge in [-0.1, -0.05) is 64.1 Å². The van der Waals surface area contributed by atoms with Crippen molar-refractivity contribution in [3.05, 3.63) is 169 Å². The summed E-state index contributed by atoms with van der Waals surface area (Å²) in [5.41, 5.74) is 11.4. The summed E-state index contributed by atoms with van der Waals surface area (Å²) in [6.07, 6.45) is 12.4. The summed E-state index contributed by atoms with van der Waals surface area (Å²) in [7, 11) is 0. The van der Waals surface area contributed by atoms with Crippen molar-refractivity contribution in [2.24, 2.45) is 5.73 Å². The number of aromatic amines is 2. The van der Waals surface area contributed by atoms with E-state index < -0.39 is 35.2 Å². The number of para-hydroxylation sites is 2. The number of rotatable bonds is 16. The average Bonchev–Trinajstić information content (AvgIpc) is 4.30. The van der Waals surface area contributed by atoms with E-state index in [0.717, 1.165) is 49.3 Å². The third kappa shape index (κ3) is 20.7. The second kappa shape index (κ2) is 32.2. The van der Waals surface area contributed by atoms with Crippen LogP contribution in [0.25, 0.3) is 27.9 Å². The number of nitrogens with two attached hydrogens (primary N) is 1. The van der Waals surface area contributed by atoms with E-state index in [1.807, 2.05) is 87.1 Å². The first-order valence-electron chi connectivity index (χ1n) is 27.2. The van der Waals surface area contributed by atoms with Crippen molar-refractivity contribution in [1.82, 2.24) is 38.2 Å². The molecule has 21 heteroatoms. The number of nitrogens with one attached hydrogen (secondary N) is 2. The maximum absolute atomic E-state index is 11.4. The molecule has 1 atom stereocenters.